The molecule has 1 amide bonds. The number of amidine groups is 1. The minimum absolute atomic E-state index is 0.0950. The SMILES string of the molecule is NC(CCN(C(=O)c1ccc(F)cc1)C1CC1)=NO. The van der Waals surface area contributed by atoms with Crippen molar-refractivity contribution in [2.24, 2.45) is 10.9 Å². The number of rotatable bonds is 5. The van der Waals surface area contributed by atoms with E-state index in [4.69, 9.17) is 10.9 Å². The average molecular weight is 265 g/mol. The van der Waals surface area contributed by atoms with Crippen molar-refractivity contribution in [3.63, 3.8) is 0 Å². The Balaban J connectivity index is 2.06. The lowest BCUT2D eigenvalue weighted by Gasteiger charge is -2.22. The minimum atomic E-state index is -0.369. The molecule has 3 N–H and O–H groups in total. The van der Waals surface area contributed by atoms with Gasteiger partial charge in [-0.2, -0.15) is 0 Å². The van der Waals surface area contributed by atoms with Gasteiger partial charge in [0.25, 0.3) is 5.91 Å². The van der Waals surface area contributed by atoms with Crippen molar-refractivity contribution in [1.82, 2.24) is 4.90 Å². The highest BCUT2D eigenvalue weighted by molar-refractivity contribution is 5.95. The molecule has 2 rings (SSSR count). The number of carbonyl (C=O) groups excluding carboxylic acids is 1. The summed E-state index contributed by atoms with van der Waals surface area (Å²) in [6.45, 7) is 0.400. The number of oxime groups is 1. The van der Waals surface area contributed by atoms with Crippen LogP contribution in [0.15, 0.2) is 29.4 Å². The maximum atomic E-state index is 12.8. The molecule has 0 saturated heterocycles. The third-order valence-electron chi connectivity index (χ3n) is 3.08. The van der Waals surface area contributed by atoms with Gasteiger partial charge in [-0.15, -0.1) is 0 Å². The third kappa shape index (κ3) is 3.43. The van der Waals surface area contributed by atoms with E-state index in [-0.39, 0.29) is 23.6 Å². The molecule has 1 aliphatic rings. The van der Waals surface area contributed by atoms with Crippen molar-refractivity contribution in [3.05, 3.63) is 35.6 Å². The van der Waals surface area contributed by atoms with Gasteiger partial charge in [-0.25, -0.2) is 4.39 Å². The van der Waals surface area contributed by atoms with Crippen LogP contribution in [0.25, 0.3) is 0 Å². The second-order valence-electron chi connectivity index (χ2n) is 4.58. The number of halogens is 1. The highest BCUT2D eigenvalue weighted by atomic mass is 19.1. The van der Waals surface area contributed by atoms with Crippen molar-refractivity contribution >= 4 is 11.7 Å². The first-order chi connectivity index (χ1) is 9.11. The first-order valence-electron chi connectivity index (χ1n) is 6.14. The summed E-state index contributed by atoms with van der Waals surface area (Å²) in [6, 6.07) is 5.68. The summed E-state index contributed by atoms with van der Waals surface area (Å²) in [7, 11) is 0. The molecule has 1 aliphatic carbocycles. The summed E-state index contributed by atoms with van der Waals surface area (Å²) < 4.78 is 12.8. The zero-order chi connectivity index (χ0) is 13.8. The first-order valence-corrected chi connectivity index (χ1v) is 6.14. The number of hydrogen-bond acceptors (Lipinski definition) is 3. The Kier molecular flexibility index (Phi) is 3.99. The molecule has 0 atom stereocenters. The lowest BCUT2D eigenvalue weighted by molar-refractivity contribution is 0.0747. The van der Waals surface area contributed by atoms with Crippen LogP contribution in [0.1, 0.15) is 29.6 Å². The largest absolute Gasteiger partial charge is 0.409 e. The molecule has 5 nitrogen and oxygen atoms in total. The number of carbonyl (C=O) groups is 1. The van der Waals surface area contributed by atoms with E-state index in [0.717, 1.165) is 12.8 Å². The summed E-state index contributed by atoms with van der Waals surface area (Å²) in [6.07, 6.45) is 2.24. The fourth-order valence-corrected chi connectivity index (χ4v) is 1.88. The molecule has 0 aromatic heterocycles. The number of nitrogens with two attached hydrogens (primary N) is 1. The molecular weight excluding hydrogens is 249 g/mol. The summed E-state index contributed by atoms with van der Waals surface area (Å²) in [4.78, 5) is 14.0. The predicted molar refractivity (Wildman–Crippen MR) is 68.5 cm³/mol. The van der Waals surface area contributed by atoms with Crippen LogP contribution in [0.2, 0.25) is 0 Å². The fourth-order valence-electron chi connectivity index (χ4n) is 1.88. The molecule has 19 heavy (non-hydrogen) atoms. The summed E-state index contributed by atoms with van der Waals surface area (Å²) in [5.41, 5.74) is 5.86. The molecule has 0 heterocycles. The molecule has 0 radical (unpaired) electrons. The molecule has 0 spiro atoms. The van der Waals surface area contributed by atoms with E-state index in [1.807, 2.05) is 0 Å². The Hall–Kier alpha value is -2.11. The quantitative estimate of drug-likeness (QED) is 0.367. The normalized spacial score (nSPS) is 15.3. The van der Waals surface area contributed by atoms with E-state index < -0.39 is 0 Å². The standard InChI is InChI=1S/C13H16FN3O2/c14-10-3-1-9(2-4-10)13(18)17(11-5-6-11)8-7-12(15)16-19/h1-4,11,19H,5-8H2,(H2,15,16). The molecule has 0 unspecified atom stereocenters. The van der Waals surface area contributed by atoms with Gasteiger partial charge >= 0.3 is 0 Å². The molecule has 1 aromatic rings. The highest BCUT2D eigenvalue weighted by Crippen LogP contribution is 2.28. The Morgan fingerprint density at radius 2 is 2.05 bits per heavy atom. The van der Waals surface area contributed by atoms with E-state index in [1.165, 1.54) is 24.3 Å². The van der Waals surface area contributed by atoms with Gasteiger partial charge in [0.1, 0.15) is 11.7 Å². The van der Waals surface area contributed by atoms with Crippen LogP contribution in [-0.4, -0.2) is 34.4 Å². The van der Waals surface area contributed by atoms with Gasteiger partial charge in [0.05, 0.1) is 0 Å². The zero-order valence-corrected chi connectivity index (χ0v) is 10.4. The molecule has 0 aliphatic heterocycles. The summed E-state index contributed by atoms with van der Waals surface area (Å²) in [5, 5.41) is 11.4. The second kappa shape index (κ2) is 5.69. The molecule has 0 bridgehead atoms. The van der Waals surface area contributed by atoms with E-state index in [2.05, 4.69) is 5.16 Å². The van der Waals surface area contributed by atoms with Gasteiger partial charge in [-0.05, 0) is 37.1 Å². The van der Waals surface area contributed by atoms with Crippen molar-refractivity contribution in [2.75, 3.05) is 6.54 Å². The van der Waals surface area contributed by atoms with Crippen LogP contribution < -0.4 is 5.73 Å². The molecule has 6 heteroatoms. The number of nitrogens with zero attached hydrogens (tertiary/aromatic N) is 2. The van der Waals surface area contributed by atoms with E-state index in [1.54, 1.807) is 4.90 Å². The summed E-state index contributed by atoms with van der Waals surface area (Å²) in [5.74, 6) is -0.419. The van der Waals surface area contributed by atoms with Crippen LogP contribution >= 0.6 is 0 Å². The van der Waals surface area contributed by atoms with E-state index in [0.29, 0.717) is 18.5 Å². The third-order valence-corrected chi connectivity index (χ3v) is 3.08. The average Bonchev–Trinajstić information content (AvgIpc) is 3.24. The monoisotopic (exact) mass is 265 g/mol. The van der Waals surface area contributed by atoms with Crippen molar-refractivity contribution < 1.29 is 14.4 Å². The fraction of sp³-hybridized carbons (Fsp3) is 0.385. The van der Waals surface area contributed by atoms with Crippen LogP contribution in [0.4, 0.5) is 4.39 Å². The maximum Gasteiger partial charge on any atom is 0.254 e. The van der Waals surface area contributed by atoms with Crippen LogP contribution in [0, 0.1) is 5.82 Å². The van der Waals surface area contributed by atoms with Gasteiger partial charge in [0.2, 0.25) is 0 Å². The first kappa shape index (κ1) is 13.3. The lowest BCUT2D eigenvalue weighted by Crippen LogP contribution is -2.35. The highest BCUT2D eigenvalue weighted by Gasteiger charge is 2.32. The van der Waals surface area contributed by atoms with Crippen molar-refractivity contribution in [2.45, 2.75) is 25.3 Å². The van der Waals surface area contributed by atoms with Crippen LogP contribution in [0.3, 0.4) is 0 Å². The summed E-state index contributed by atoms with van der Waals surface area (Å²) >= 11 is 0. The van der Waals surface area contributed by atoms with E-state index in [9.17, 15) is 9.18 Å². The van der Waals surface area contributed by atoms with Crippen LogP contribution in [0.5, 0.6) is 0 Å². The van der Waals surface area contributed by atoms with Crippen LogP contribution in [-0.2, 0) is 0 Å². The topological polar surface area (TPSA) is 78.9 Å². The molecule has 1 saturated carbocycles. The van der Waals surface area contributed by atoms with Crippen molar-refractivity contribution in [3.8, 4) is 0 Å². The predicted octanol–water partition coefficient (Wildman–Crippen LogP) is 1.57. The number of hydrogen-bond donors (Lipinski definition) is 2. The molecule has 1 aromatic carbocycles. The maximum absolute atomic E-state index is 12.8. The van der Waals surface area contributed by atoms with Gasteiger partial charge in [0.15, 0.2) is 0 Å². The zero-order valence-electron chi connectivity index (χ0n) is 10.4. The van der Waals surface area contributed by atoms with E-state index >= 15 is 0 Å². The lowest BCUT2D eigenvalue weighted by atomic mass is 10.2. The number of amides is 1. The molecule has 1 fully saturated rings. The molecular formula is C13H16FN3O2. The Bertz CT molecular complexity index is 483. The smallest absolute Gasteiger partial charge is 0.254 e. The van der Waals surface area contributed by atoms with Gasteiger partial charge in [-0.1, -0.05) is 5.16 Å². The Labute approximate surface area is 110 Å². The molecule has 102 valence electrons. The minimum Gasteiger partial charge on any atom is -0.409 e. The Morgan fingerprint density at radius 3 is 2.58 bits per heavy atom. The second-order valence-corrected chi connectivity index (χ2v) is 4.58. The Morgan fingerprint density at radius 1 is 1.42 bits per heavy atom. The van der Waals surface area contributed by atoms with Gasteiger partial charge < -0.3 is 15.8 Å². The van der Waals surface area contributed by atoms with Crippen molar-refractivity contribution in [1.29, 1.82) is 0 Å². The van der Waals surface area contributed by atoms with Gasteiger partial charge in [0, 0.05) is 24.6 Å². The number of benzene rings is 1. The van der Waals surface area contributed by atoms with Gasteiger partial charge in [-0.3, -0.25) is 4.79 Å².